The van der Waals surface area contributed by atoms with Crippen molar-refractivity contribution in [1.82, 2.24) is 10.3 Å². The Labute approximate surface area is 134 Å². The van der Waals surface area contributed by atoms with Gasteiger partial charge < -0.3 is 15.4 Å². The van der Waals surface area contributed by atoms with Crippen molar-refractivity contribution in [3.8, 4) is 0 Å². The van der Waals surface area contributed by atoms with Crippen LogP contribution in [0.25, 0.3) is 10.9 Å². The summed E-state index contributed by atoms with van der Waals surface area (Å²) in [5, 5.41) is 23.5. The standard InChI is InChI=1S/C14H13N3O5S/c18-12(16-14(13(19)20)4-5-23-7-14)9-6-8-2-1-3-10(17(21)22)11(8)15-9/h1-3,6,15H,4-5,7H2,(H,16,18)(H,19,20). The third-order valence-corrected chi connectivity index (χ3v) is 5.05. The lowest BCUT2D eigenvalue weighted by molar-refractivity contribution is -0.383. The Balaban J connectivity index is 1.94. The van der Waals surface area contributed by atoms with Gasteiger partial charge in [0.1, 0.15) is 16.7 Å². The van der Waals surface area contributed by atoms with E-state index in [1.54, 1.807) is 6.07 Å². The van der Waals surface area contributed by atoms with E-state index in [4.69, 9.17) is 0 Å². The van der Waals surface area contributed by atoms with Gasteiger partial charge in [-0.05, 0) is 18.2 Å². The molecule has 23 heavy (non-hydrogen) atoms. The van der Waals surface area contributed by atoms with Crippen molar-refractivity contribution >= 4 is 40.2 Å². The minimum Gasteiger partial charge on any atom is -0.479 e. The maximum absolute atomic E-state index is 12.4. The number of hydrogen-bond donors (Lipinski definition) is 3. The van der Waals surface area contributed by atoms with Gasteiger partial charge >= 0.3 is 5.97 Å². The Hall–Kier alpha value is -2.55. The van der Waals surface area contributed by atoms with Crippen molar-refractivity contribution in [3.05, 3.63) is 40.1 Å². The van der Waals surface area contributed by atoms with Crippen LogP contribution in [0.4, 0.5) is 5.69 Å². The molecule has 2 heterocycles. The van der Waals surface area contributed by atoms with Crippen LogP contribution in [0.5, 0.6) is 0 Å². The van der Waals surface area contributed by atoms with E-state index in [-0.39, 0.29) is 16.9 Å². The van der Waals surface area contributed by atoms with Crippen LogP contribution >= 0.6 is 11.8 Å². The number of nitro benzene ring substituents is 1. The predicted octanol–water partition coefficient (Wildman–Crippen LogP) is 1.77. The zero-order valence-electron chi connectivity index (χ0n) is 11.9. The number of rotatable bonds is 4. The summed E-state index contributed by atoms with van der Waals surface area (Å²) in [6, 6.07) is 6.00. The molecule has 0 radical (unpaired) electrons. The first-order chi connectivity index (χ1) is 10.9. The monoisotopic (exact) mass is 335 g/mol. The van der Waals surface area contributed by atoms with E-state index in [1.165, 1.54) is 30.0 Å². The molecule has 3 rings (SSSR count). The number of hydrogen-bond acceptors (Lipinski definition) is 5. The number of carbonyl (C=O) groups excluding carboxylic acids is 1. The van der Waals surface area contributed by atoms with E-state index >= 15 is 0 Å². The number of aromatic amines is 1. The number of non-ortho nitro benzene ring substituents is 1. The molecule has 0 aliphatic carbocycles. The summed E-state index contributed by atoms with van der Waals surface area (Å²) >= 11 is 1.46. The summed E-state index contributed by atoms with van der Waals surface area (Å²) in [7, 11) is 0. The van der Waals surface area contributed by atoms with Crippen molar-refractivity contribution in [2.45, 2.75) is 12.0 Å². The number of carboxylic acids is 1. The van der Waals surface area contributed by atoms with Gasteiger partial charge in [0.05, 0.1) is 4.92 Å². The van der Waals surface area contributed by atoms with Crippen molar-refractivity contribution in [2.24, 2.45) is 0 Å². The van der Waals surface area contributed by atoms with Crippen molar-refractivity contribution < 1.29 is 19.6 Å². The van der Waals surface area contributed by atoms with Gasteiger partial charge in [0, 0.05) is 17.2 Å². The molecule has 0 spiro atoms. The molecule has 3 N–H and O–H groups in total. The van der Waals surface area contributed by atoms with Crippen molar-refractivity contribution in [1.29, 1.82) is 0 Å². The fraction of sp³-hybridized carbons (Fsp3) is 0.286. The largest absolute Gasteiger partial charge is 0.479 e. The molecule has 1 saturated heterocycles. The van der Waals surface area contributed by atoms with Crippen molar-refractivity contribution in [3.63, 3.8) is 0 Å². The summed E-state index contributed by atoms with van der Waals surface area (Å²) in [6.07, 6.45) is 0.346. The minimum absolute atomic E-state index is 0.104. The topological polar surface area (TPSA) is 125 Å². The molecular weight excluding hydrogens is 322 g/mol. The highest BCUT2D eigenvalue weighted by molar-refractivity contribution is 7.99. The number of nitro groups is 1. The molecule has 1 unspecified atom stereocenters. The van der Waals surface area contributed by atoms with Gasteiger partial charge in [-0.25, -0.2) is 4.79 Å². The molecule has 120 valence electrons. The molecule has 1 atom stereocenters. The van der Waals surface area contributed by atoms with Gasteiger partial charge in [-0.1, -0.05) is 12.1 Å². The molecule has 9 heteroatoms. The van der Waals surface area contributed by atoms with Crippen LogP contribution in [-0.2, 0) is 4.79 Å². The number of nitrogens with one attached hydrogen (secondary N) is 2. The lowest BCUT2D eigenvalue weighted by Crippen LogP contribution is -2.54. The number of fused-ring (bicyclic) bond motifs is 1. The second-order valence-electron chi connectivity index (χ2n) is 5.33. The van der Waals surface area contributed by atoms with Gasteiger partial charge in [-0.3, -0.25) is 14.9 Å². The van der Waals surface area contributed by atoms with Crippen LogP contribution in [0, 0.1) is 10.1 Å². The van der Waals surface area contributed by atoms with Gasteiger partial charge in [0.2, 0.25) is 0 Å². The Morgan fingerprint density at radius 2 is 2.22 bits per heavy atom. The van der Waals surface area contributed by atoms with Gasteiger partial charge in [-0.2, -0.15) is 11.8 Å². The van der Waals surface area contributed by atoms with Crippen LogP contribution in [0.2, 0.25) is 0 Å². The molecule has 0 bridgehead atoms. The number of carboxylic acid groups (broad SMARTS) is 1. The molecule has 2 aromatic rings. The van der Waals surface area contributed by atoms with Crippen molar-refractivity contribution in [2.75, 3.05) is 11.5 Å². The number of benzene rings is 1. The smallest absolute Gasteiger partial charge is 0.330 e. The highest BCUT2D eigenvalue weighted by Gasteiger charge is 2.43. The van der Waals surface area contributed by atoms with E-state index in [0.29, 0.717) is 23.3 Å². The van der Waals surface area contributed by atoms with Gasteiger partial charge in [-0.15, -0.1) is 0 Å². The SMILES string of the molecule is O=C(NC1(C(=O)O)CCSC1)c1cc2cccc([N+](=O)[O-])c2[nH]1. The quantitative estimate of drug-likeness (QED) is 0.577. The summed E-state index contributed by atoms with van der Waals surface area (Å²) in [4.78, 5) is 37.1. The zero-order chi connectivity index (χ0) is 16.6. The number of para-hydroxylation sites is 1. The van der Waals surface area contributed by atoms with Crippen LogP contribution in [0.3, 0.4) is 0 Å². The summed E-state index contributed by atoms with van der Waals surface area (Å²) < 4.78 is 0. The Morgan fingerprint density at radius 1 is 1.43 bits per heavy atom. The predicted molar refractivity (Wildman–Crippen MR) is 84.7 cm³/mol. The number of aromatic nitrogens is 1. The molecule has 1 aromatic carbocycles. The first kappa shape index (κ1) is 15.3. The molecular formula is C14H13N3O5S. The van der Waals surface area contributed by atoms with E-state index in [2.05, 4.69) is 10.3 Å². The summed E-state index contributed by atoms with van der Waals surface area (Å²) in [5.74, 6) is -0.697. The first-order valence-electron chi connectivity index (χ1n) is 6.83. The lowest BCUT2D eigenvalue weighted by atomic mass is 9.99. The van der Waals surface area contributed by atoms with Crippen LogP contribution in [-0.4, -0.2) is 43.9 Å². The fourth-order valence-corrected chi connectivity index (χ4v) is 3.91. The van der Waals surface area contributed by atoms with Gasteiger partial charge in [0.15, 0.2) is 0 Å². The average Bonchev–Trinajstić information content (AvgIpc) is 3.13. The number of nitrogens with zero attached hydrogens (tertiary/aromatic N) is 1. The Morgan fingerprint density at radius 3 is 2.83 bits per heavy atom. The minimum atomic E-state index is -1.29. The number of carbonyl (C=O) groups is 2. The number of H-pyrrole nitrogens is 1. The maximum Gasteiger partial charge on any atom is 0.330 e. The number of amides is 1. The van der Waals surface area contributed by atoms with E-state index < -0.39 is 22.3 Å². The van der Waals surface area contributed by atoms with E-state index in [1.807, 2.05) is 0 Å². The Kier molecular flexibility index (Phi) is 3.72. The third-order valence-electron chi connectivity index (χ3n) is 3.86. The molecule has 1 amide bonds. The highest BCUT2D eigenvalue weighted by Crippen LogP contribution is 2.29. The molecule has 1 aliphatic rings. The fourth-order valence-electron chi connectivity index (χ4n) is 2.59. The highest BCUT2D eigenvalue weighted by atomic mass is 32.2. The maximum atomic E-state index is 12.4. The Bertz CT molecular complexity index is 810. The zero-order valence-corrected chi connectivity index (χ0v) is 12.7. The number of thioether (sulfide) groups is 1. The lowest BCUT2D eigenvalue weighted by Gasteiger charge is -2.24. The van der Waals surface area contributed by atoms with E-state index in [9.17, 15) is 24.8 Å². The summed E-state index contributed by atoms with van der Waals surface area (Å²) in [6.45, 7) is 0. The van der Waals surface area contributed by atoms with Crippen LogP contribution in [0.15, 0.2) is 24.3 Å². The van der Waals surface area contributed by atoms with Crippen LogP contribution < -0.4 is 5.32 Å². The third kappa shape index (κ3) is 2.63. The van der Waals surface area contributed by atoms with Gasteiger partial charge in [0.25, 0.3) is 11.6 Å². The van der Waals surface area contributed by atoms with Crippen LogP contribution in [0.1, 0.15) is 16.9 Å². The molecule has 1 fully saturated rings. The molecule has 8 nitrogen and oxygen atoms in total. The molecule has 1 aromatic heterocycles. The molecule has 1 aliphatic heterocycles. The first-order valence-corrected chi connectivity index (χ1v) is 7.98. The summed E-state index contributed by atoms with van der Waals surface area (Å²) in [5.41, 5.74) is -1.07. The second-order valence-corrected chi connectivity index (χ2v) is 6.43. The normalized spacial score (nSPS) is 20.5. The van der Waals surface area contributed by atoms with E-state index in [0.717, 1.165) is 0 Å². The second kappa shape index (κ2) is 5.58. The number of aliphatic carboxylic acids is 1. The average molecular weight is 335 g/mol. The molecule has 0 saturated carbocycles.